The molecular weight excluding hydrogens is 314 g/mol. The minimum atomic E-state index is -0.319. The minimum absolute atomic E-state index is 0.0623. The predicted octanol–water partition coefficient (Wildman–Crippen LogP) is 3.41. The van der Waals surface area contributed by atoms with Crippen molar-refractivity contribution in [1.82, 2.24) is 4.90 Å². The van der Waals surface area contributed by atoms with Gasteiger partial charge in [-0.2, -0.15) is 0 Å². The third-order valence-electron chi connectivity index (χ3n) is 5.20. The fraction of sp³-hybridized carbons (Fsp3) is 0.600. The zero-order valence-electron chi connectivity index (χ0n) is 15.2. The highest BCUT2D eigenvalue weighted by atomic mass is 16.2. The third-order valence-corrected chi connectivity index (χ3v) is 5.20. The van der Waals surface area contributed by atoms with Gasteiger partial charge in [-0.1, -0.05) is 6.92 Å². The summed E-state index contributed by atoms with van der Waals surface area (Å²) in [7, 11) is 0. The van der Waals surface area contributed by atoms with Gasteiger partial charge in [-0.15, -0.1) is 0 Å². The lowest BCUT2D eigenvalue weighted by atomic mass is 10.1. The second kappa shape index (κ2) is 8.37. The van der Waals surface area contributed by atoms with E-state index in [2.05, 4.69) is 22.3 Å². The van der Waals surface area contributed by atoms with Crippen molar-refractivity contribution in [2.24, 2.45) is 0 Å². The van der Waals surface area contributed by atoms with Crippen molar-refractivity contribution in [1.29, 1.82) is 0 Å². The van der Waals surface area contributed by atoms with Crippen LogP contribution in [0.2, 0.25) is 0 Å². The number of hydrogen-bond acceptors (Lipinski definition) is 3. The summed E-state index contributed by atoms with van der Waals surface area (Å²) in [5.74, 6) is 0.0354. The molecule has 2 amide bonds. The first kappa shape index (κ1) is 17.8. The molecule has 5 nitrogen and oxygen atoms in total. The fourth-order valence-electron chi connectivity index (χ4n) is 3.83. The van der Waals surface area contributed by atoms with Crippen LogP contribution in [0.4, 0.5) is 11.4 Å². The summed E-state index contributed by atoms with van der Waals surface area (Å²) in [6, 6.07) is 7.77. The van der Waals surface area contributed by atoms with Crippen LogP contribution in [0, 0.1) is 0 Å². The zero-order valence-corrected chi connectivity index (χ0v) is 15.2. The SMILES string of the molecule is CCCC(=O)N1CCCC1C(=O)Nc1ccc(N2CCCCC2)cc1. The van der Waals surface area contributed by atoms with E-state index in [1.807, 2.05) is 19.1 Å². The van der Waals surface area contributed by atoms with E-state index in [0.29, 0.717) is 13.0 Å². The lowest BCUT2D eigenvalue weighted by Gasteiger charge is -2.29. The average molecular weight is 343 g/mol. The van der Waals surface area contributed by atoms with E-state index in [0.717, 1.165) is 38.0 Å². The first-order valence-corrected chi connectivity index (χ1v) is 9.64. The molecule has 0 bridgehead atoms. The quantitative estimate of drug-likeness (QED) is 0.891. The van der Waals surface area contributed by atoms with Gasteiger partial charge >= 0.3 is 0 Å². The van der Waals surface area contributed by atoms with E-state index < -0.39 is 0 Å². The molecule has 25 heavy (non-hydrogen) atoms. The summed E-state index contributed by atoms with van der Waals surface area (Å²) < 4.78 is 0. The Labute approximate surface area is 150 Å². The lowest BCUT2D eigenvalue weighted by molar-refractivity contribution is -0.136. The van der Waals surface area contributed by atoms with Crippen LogP contribution in [-0.4, -0.2) is 42.4 Å². The summed E-state index contributed by atoms with van der Waals surface area (Å²) in [5, 5.41) is 2.99. The molecule has 1 aromatic rings. The fourth-order valence-corrected chi connectivity index (χ4v) is 3.83. The molecule has 2 heterocycles. The number of carbonyl (C=O) groups is 2. The predicted molar refractivity (Wildman–Crippen MR) is 101 cm³/mol. The highest BCUT2D eigenvalue weighted by molar-refractivity contribution is 5.97. The highest BCUT2D eigenvalue weighted by Gasteiger charge is 2.33. The summed E-state index contributed by atoms with van der Waals surface area (Å²) >= 11 is 0. The van der Waals surface area contributed by atoms with Crippen molar-refractivity contribution in [3.63, 3.8) is 0 Å². The third kappa shape index (κ3) is 4.33. The number of benzene rings is 1. The molecule has 0 saturated carbocycles. The number of hydrogen-bond donors (Lipinski definition) is 1. The van der Waals surface area contributed by atoms with Gasteiger partial charge in [-0.25, -0.2) is 0 Å². The van der Waals surface area contributed by atoms with E-state index in [9.17, 15) is 9.59 Å². The van der Waals surface area contributed by atoms with Crippen molar-refractivity contribution < 1.29 is 9.59 Å². The van der Waals surface area contributed by atoms with E-state index in [1.54, 1.807) is 4.90 Å². The Bertz CT molecular complexity index is 593. The van der Waals surface area contributed by atoms with Crippen LogP contribution >= 0.6 is 0 Å². The maximum atomic E-state index is 12.6. The molecule has 3 rings (SSSR count). The Morgan fingerprint density at radius 2 is 1.76 bits per heavy atom. The second-order valence-corrected chi connectivity index (χ2v) is 7.08. The van der Waals surface area contributed by atoms with E-state index in [-0.39, 0.29) is 17.9 Å². The van der Waals surface area contributed by atoms with Crippen LogP contribution in [0.5, 0.6) is 0 Å². The first-order valence-electron chi connectivity index (χ1n) is 9.64. The van der Waals surface area contributed by atoms with Crippen molar-refractivity contribution >= 4 is 23.2 Å². The van der Waals surface area contributed by atoms with Gasteiger partial charge in [0.05, 0.1) is 0 Å². The Morgan fingerprint density at radius 3 is 2.44 bits per heavy atom. The zero-order chi connectivity index (χ0) is 17.6. The molecule has 1 N–H and O–H groups in total. The topological polar surface area (TPSA) is 52.7 Å². The average Bonchev–Trinajstić information content (AvgIpc) is 3.13. The number of anilines is 2. The van der Waals surface area contributed by atoms with Crippen molar-refractivity contribution in [2.75, 3.05) is 29.9 Å². The number of carbonyl (C=O) groups excluding carboxylic acids is 2. The minimum Gasteiger partial charge on any atom is -0.372 e. The number of amides is 2. The lowest BCUT2D eigenvalue weighted by Crippen LogP contribution is -2.43. The van der Waals surface area contributed by atoms with Gasteiger partial charge in [-0.3, -0.25) is 9.59 Å². The Kier molecular flexibility index (Phi) is 5.95. The molecule has 5 heteroatoms. The van der Waals surface area contributed by atoms with Gasteiger partial charge < -0.3 is 15.1 Å². The number of nitrogens with zero attached hydrogens (tertiary/aromatic N) is 2. The van der Waals surface area contributed by atoms with Gasteiger partial charge in [0.15, 0.2) is 0 Å². The smallest absolute Gasteiger partial charge is 0.247 e. The molecule has 2 fully saturated rings. The van der Waals surface area contributed by atoms with Crippen LogP contribution < -0.4 is 10.2 Å². The molecule has 1 unspecified atom stereocenters. The number of piperidine rings is 1. The van der Waals surface area contributed by atoms with Crippen molar-refractivity contribution in [2.45, 2.75) is 57.9 Å². The maximum absolute atomic E-state index is 12.6. The van der Waals surface area contributed by atoms with Gasteiger partial charge in [-0.05, 0) is 62.8 Å². The monoisotopic (exact) mass is 343 g/mol. The standard InChI is InChI=1S/C20H29N3O2/c1-2-7-19(24)23-15-6-8-18(23)20(25)21-16-9-11-17(12-10-16)22-13-4-3-5-14-22/h9-12,18H,2-8,13-15H2,1H3,(H,21,25). The van der Waals surface area contributed by atoms with Crippen LogP contribution in [0.1, 0.15) is 51.9 Å². The summed E-state index contributed by atoms with van der Waals surface area (Å²) in [6.07, 6.45) is 6.83. The van der Waals surface area contributed by atoms with Crippen LogP contribution in [-0.2, 0) is 9.59 Å². The van der Waals surface area contributed by atoms with E-state index in [4.69, 9.17) is 0 Å². The van der Waals surface area contributed by atoms with Gasteiger partial charge in [0.25, 0.3) is 0 Å². The molecule has 0 aromatic heterocycles. The second-order valence-electron chi connectivity index (χ2n) is 7.08. The van der Waals surface area contributed by atoms with E-state index in [1.165, 1.54) is 24.9 Å². The van der Waals surface area contributed by atoms with Gasteiger partial charge in [0.2, 0.25) is 11.8 Å². The highest BCUT2D eigenvalue weighted by Crippen LogP contribution is 2.24. The maximum Gasteiger partial charge on any atom is 0.247 e. The molecule has 1 aromatic carbocycles. The Balaban J connectivity index is 1.59. The Morgan fingerprint density at radius 1 is 1.04 bits per heavy atom. The largest absolute Gasteiger partial charge is 0.372 e. The molecule has 136 valence electrons. The normalized spacial score (nSPS) is 20.6. The van der Waals surface area contributed by atoms with E-state index >= 15 is 0 Å². The molecular formula is C20H29N3O2. The van der Waals surface area contributed by atoms with Crippen LogP contribution in [0.3, 0.4) is 0 Å². The number of likely N-dealkylation sites (tertiary alicyclic amines) is 1. The molecule has 0 aliphatic carbocycles. The van der Waals surface area contributed by atoms with Gasteiger partial charge in [0.1, 0.15) is 6.04 Å². The van der Waals surface area contributed by atoms with Crippen molar-refractivity contribution in [3.8, 4) is 0 Å². The molecule has 2 aliphatic rings. The van der Waals surface area contributed by atoms with Crippen LogP contribution in [0.15, 0.2) is 24.3 Å². The first-order chi connectivity index (χ1) is 12.2. The molecule has 1 atom stereocenters. The molecule has 0 radical (unpaired) electrons. The Hall–Kier alpha value is -2.04. The molecule has 2 saturated heterocycles. The summed E-state index contributed by atoms with van der Waals surface area (Å²) in [5.41, 5.74) is 2.03. The summed E-state index contributed by atoms with van der Waals surface area (Å²) in [4.78, 5) is 28.9. The summed E-state index contributed by atoms with van der Waals surface area (Å²) in [6.45, 7) is 4.92. The number of nitrogens with one attached hydrogen (secondary N) is 1. The molecule has 0 spiro atoms. The van der Waals surface area contributed by atoms with Gasteiger partial charge in [0, 0.05) is 37.4 Å². The number of rotatable bonds is 5. The van der Waals surface area contributed by atoms with Crippen molar-refractivity contribution in [3.05, 3.63) is 24.3 Å². The molecule has 2 aliphatic heterocycles. The van der Waals surface area contributed by atoms with Crippen LogP contribution in [0.25, 0.3) is 0 Å².